The van der Waals surface area contributed by atoms with Crippen LogP contribution in [0.1, 0.15) is 35.7 Å². The monoisotopic (exact) mass is 339 g/mol. The summed E-state index contributed by atoms with van der Waals surface area (Å²) in [5, 5.41) is 6.09. The second-order valence-corrected chi connectivity index (χ2v) is 7.76. The van der Waals surface area contributed by atoms with Gasteiger partial charge in [0.05, 0.1) is 11.4 Å². The second kappa shape index (κ2) is 7.79. The molecule has 0 radical (unpaired) electrons. The van der Waals surface area contributed by atoms with Gasteiger partial charge in [-0.25, -0.2) is 8.42 Å². The average Bonchev–Trinajstić information content (AvgIpc) is 2.86. The molecule has 7 heteroatoms. The smallest absolute Gasteiger partial charge is 0.251 e. The Balaban J connectivity index is 2.00. The van der Waals surface area contributed by atoms with E-state index in [0.29, 0.717) is 30.8 Å². The average molecular weight is 339 g/mol. The largest absolute Gasteiger partial charge is 0.351 e. The zero-order valence-corrected chi connectivity index (χ0v) is 14.6. The standard InChI is InChI=1S/C16H25N3O3S/c1-3-7-17-8-9-18-16(20)15-6-5-14(12-13(15)2)19-10-4-11-23(19,21)22/h5-6,12,17H,3-4,7-11H2,1-2H3,(H,18,20). The molecule has 1 amide bonds. The molecular formula is C16H25N3O3S. The van der Waals surface area contributed by atoms with Crippen molar-refractivity contribution in [1.82, 2.24) is 10.6 Å². The predicted molar refractivity (Wildman–Crippen MR) is 92.4 cm³/mol. The molecule has 0 spiro atoms. The maximum absolute atomic E-state index is 12.2. The number of carbonyl (C=O) groups is 1. The minimum absolute atomic E-state index is 0.128. The molecule has 1 aliphatic rings. The van der Waals surface area contributed by atoms with Crippen LogP contribution in [0.5, 0.6) is 0 Å². The third-order valence-electron chi connectivity index (χ3n) is 3.86. The molecule has 1 aliphatic heterocycles. The molecule has 1 heterocycles. The number of rotatable bonds is 7. The Labute approximate surface area is 138 Å². The quantitative estimate of drug-likeness (QED) is 0.733. The van der Waals surface area contributed by atoms with E-state index in [1.807, 2.05) is 6.92 Å². The number of benzene rings is 1. The Kier molecular flexibility index (Phi) is 6.01. The lowest BCUT2D eigenvalue weighted by molar-refractivity contribution is 0.0953. The topological polar surface area (TPSA) is 78.5 Å². The Morgan fingerprint density at radius 1 is 1.26 bits per heavy atom. The molecule has 0 saturated carbocycles. The van der Waals surface area contributed by atoms with Gasteiger partial charge >= 0.3 is 0 Å². The molecule has 2 N–H and O–H groups in total. The number of amides is 1. The Bertz CT molecular complexity index is 659. The molecule has 0 unspecified atom stereocenters. The summed E-state index contributed by atoms with van der Waals surface area (Å²) in [4.78, 5) is 12.2. The van der Waals surface area contributed by atoms with Crippen LogP contribution < -0.4 is 14.9 Å². The summed E-state index contributed by atoms with van der Waals surface area (Å²) in [6, 6.07) is 5.18. The van der Waals surface area contributed by atoms with E-state index in [1.54, 1.807) is 18.2 Å². The highest BCUT2D eigenvalue weighted by atomic mass is 32.2. The minimum atomic E-state index is -3.19. The summed E-state index contributed by atoms with van der Waals surface area (Å²) in [6.07, 6.45) is 1.71. The van der Waals surface area contributed by atoms with Crippen molar-refractivity contribution >= 4 is 21.6 Å². The summed E-state index contributed by atoms with van der Waals surface area (Å²) in [5.74, 6) is 0.0654. The van der Waals surface area contributed by atoms with Crippen LogP contribution in [0.2, 0.25) is 0 Å². The van der Waals surface area contributed by atoms with E-state index in [-0.39, 0.29) is 11.7 Å². The van der Waals surface area contributed by atoms with Gasteiger partial charge in [0.2, 0.25) is 10.0 Å². The summed E-state index contributed by atoms with van der Waals surface area (Å²) in [5.41, 5.74) is 2.01. The van der Waals surface area contributed by atoms with Gasteiger partial charge in [-0.05, 0) is 50.1 Å². The molecule has 0 aliphatic carbocycles. The van der Waals surface area contributed by atoms with Crippen molar-refractivity contribution in [2.24, 2.45) is 0 Å². The fourth-order valence-corrected chi connectivity index (χ4v) is 4.21. The van der Waals surface area contributed by atoms with Crippen molar-refractivity contribution in [3.05, 3.63) is 29.3 Å². The van der Waals surface area contributed by atoms with Gasteiger partial charge in [-0.2, -0.15) is 0 Å². The van der Waals surface area contributed by atoms with Crippen LogP contribution in [-0.4, -0.2) is 46.3 Å². The highest BCUT2D eigenvalue weighted by Crippen LogP contribution is 2.26. The molecule has 1 aromatic carbocycles. The zero-order chi connectivity index (χ0) is 16.9. The van der Waals surface area contributed by atoms with Crippen molar-refractivity contribution in [1.29, 1.82) is 0 Å². The van der Waals surface area contributed by atoms with Gasteiger partial charge in [-0.1, -0.05) is 6.92 Å². The van der Waals surface area contributed by atoms with Gasteiger partial charge in [-0.15, -0.1) is 0 Å². The Morgan fingerprint density at radius 3 is 2.65 bits per heavy atom. The number of anilines is 1. The molecule has 128 valence electrons. The molecule has 1 saturated heterocycles. The summed E-state index contributed by atoms with van der Waals surface area (Å²) in [7, 11) is -3.19. The van der Waals surface area contributed by atoms with Gasteiger partial charge in [0.15, 0.2) is 0 Å². The van der Waals surface area contributed by atoms with Crippen molar-refractivity contribution in [2.45, 2.75) is 26.7 Å². The highest BCUT2D eigenvalue weighted by molar-refractivity contribution is 7.93. The molecule has 0 aromatic heterocycles. The van der Waals surface area contributed by atoms with Gasteiger partial charge in [0.1, 0.15) is 0 Å². The van der Waals surface area contributed by atoms with Gasteiger partial charge in [0, 0.05) is 25.2 Å². The SMILES string of the molecule is CCCNCCNC(=O)c1ccc(N2CCCS2(=O)=O)cc1C. The maximum Gasteiger partial charge on any atom is 0.251 e. The van der Waals surface area contributed by atoms with Crippen LogP contribution in [0, 0.1) is 6.92 Å². The molecular weight excluding hydrogens is 314 g/mol. The molecule has 1 aromatic rings. The van der Waals surface area contributed by atoms with E-state index in [2.05, 4.69) is 17.6 Å². The number of hydrogen-bond acceptors (Lipinski definition) is 4. The van der Waals surface area contributed by atoms with Crippen LogP contribution in [0.25, 0.3) is 0 Å². The number of aryl methyl sites for hydroxylation is 1. The number of nitrogens with one attached hydrogen (secondary N) is 2. The van der Waals surface area contributed by atoms with Crippen molar-refractivity contribution < 1.29 is 13.2 Å². The van der Waals surface area contributed by atoms with E-state index in [9.17, 15) is 13.2 Å². The summed E-state index contributed by atoms with van der Waals surface area (Å²) >= 11 is 0. The van der Waals surface area contributed by atoms with E-state index in [0.717, 1.165) is 25.1 Å². The number of nitrogens with zero attached hydrogens (tertiary/aromatic N) is 1. The molecule has 2 rings (SSSR count). The van der Waals surface area contributed by atoms with Gasteiger partial charge in [0.25, 0.3) is 5.91 Å². The van der Waals surface area contributed by atoms with E-state index >= 15 is 0 Å². The zero-order valence-electron chi connectivity index (χ0n) is 13.8. The fourth-order valence-electron chi connectivity index (χ4n) is 2.65. The van der Waals surface area contributed by atoms with Gasteiger partial charge < -0.3 is 10.6 Å². The molecule has 0 atom stereocenters. The van der Waals surface area contributed by atoms with Crippen molar-refractivity contribution in [3.8, 4) is 0 Å². The summed E-state index contributed by atoms with van der Waals surface area (Å²) < 4.78 is 25.3. The Hall–Kier alpha value is -1.60. The first-order valence-electron chi connectivity index (χ1n) is 8.05. The predicted octanol–water partition coefficient (Wildman–Crippen LogP) is 1.26. The first kappa shape index (κ1) is 17.7. The Morgan fingerprint density at radius 2 is 2.04 bits per heavy atom. The molecule has 0 bridgehead atoms. The van der Waals surface area contributed by atoms with Crippen LogP contribution in [0.15, 0.2) is 18.2 Å². The lowest BCUT2D eigenvalue weighted by atomic mass is 10.1. The van der Waals surface area contributed by atoms with E-state index < -0.39 is 10.0 Å². The fraction of sp³-hybridized carbons (Fsp3) is 0.562. The van der Waals surface area contributed by atoms with Crippen LogP contribution in [0.4, 0.5) is 5.69 Å². The highest BCUT2D eigenvalue weighted by Gasteiger charge is 2.28. The normalized spacial score (nSPS) is 16.5. The summed E-state index contributed by atoms with van der Waals surface area (Å²) in [6.45, 7) is 6.68. The van der Waals surface area contributed by atoms with Gasteiger partial charge in [-0.3, -0.25) is 9.10 Å². The van der Waals surface area contributed by atoms with E-state index in [1.165, 1.54) is 4.31 Å². The van der Waals surface area contributed by atoms with Crippen LogP contribution in [0.3, 0.4) is 0 Å². The van der Waals surface area contributed by atoms with Crippen molar-refractivity contribution in [3.63, 3.8) is 0 Å². The first-order chi connectivity index (χ1) is 11.0. The minimum Gasteiger partial charge on any atom is -0.351 e. The molecule has 6 nitrogen and oxygen atoms in total. The number of sulfonamides is 1. The third kappa shape index (κ3) is 4.45. The first-order valence-corrected chi connectivity index (χ1v) is 9.66. The lowest BCUT2D eigenvalue weighted by Gasteiger charge is -2.18. The molecule has 1 fully saturated rings. The number of hydrogen-bond donors (Lipinski definition) is 2. The number of carbonyl (C=O) groups excluding carboxylic acids is 1. The third-order valence-corrected chi connectivity index (χ3v) is 5.73. The molecule has 23 heavy (non-hydrogen) atoms. The maximum atomic E-state index is 12.2. The second-order valence-electron chi connectivity index (χ2n) is 5.75. The van der Waals surface area contributed by atoms with E-state index in [4.69, 9.17) is 0 Å². The van der Waals surface area contributed by atoms with Crippen LogP contribution >= 0.6 is 0 Å². The van der Waals surface area contributed by atoms with Crippen molar-refractivity contribution in [2.75, 3.05) is 36.2 Å². The lowest BCUT2D eigenvalue weighted by Crippen LogP contribution is -2.32. The van der Waals surface area contributed by atoms with Crippen LogP contribution in [-0.2, 0) is 10.0 Å².